The second-order valence-corrected chi connectivity index (χ2v) is 5.45. The molecule has 2 heterocycles. The Labute approximate surface area is 141 Å². The van der Waals surface area contributed by atoms with Crippen LogP contribution in [-0.4, -0.2) is 35.7 Å². The van der Waals surface area contributed by atoms with Gasteiger partial charge >= 0.3 is 0 Å². The van der Waals surface area contributed by atoms with Gasteiger partial charge in [0.1, 0.15) is 5.69 Å². The molecule has 0 saturated heterocycles. The smallest absolute Gasteiger partial charge is 0.272 e. The quantitative estimate of drug-likeness (QED) is 0.884. The summed E-state index contributed by atoms with van der Waals surface area (Å²) in [5.41, 5.74) is 2.39. The van der Waals surface area contributed by atoms with E-state index in [-0.39, 0.29) is 12.7 Å². The SMILES string of the molecule is CCN(CC)C(=O)c1cc(NCc2ccc3c(c2)OCO3)ccn1. The van der Waals surface area contributed by atoms with Gasteiger partial charge in [0.25, 0.3) is 5.91 Å². The van der Waals surface area contributed by atoms with Crippen molar-refractivity contribution in [1.82, 2.24) is 9.88 Å². The first-order valence-corrected chi connectivity index (χ1v) is 8.09. The van der Waals surface area contributed by atoms with E-state index in [4.69, 9.17) is 9.47 Å². The molecule has 0 aliphatic carbocycles. The second-order valence-electron chi connectivity index (χ2n) is 5.45. The van der Waals surface area contributed by atoms with Gasteiger partial charge in [-0.05, 0) is 43.7 Å². The molecule has 0 radical (unpaired) electrons. The summed E-state index contributed by atoms with van der Waals surface area (Å²) in [4.78, 5) is 18.3. The minimum absolute atomic E-state index is 0.0493. The maximum absolute atomic E-state index is 12.4. The normalized spacial score (nSPS) is 12.1. The summed E-state index contributed by atoms with van der Waals surface area (Å²) in [5.74, 6) is 1.49. The fourth-order valence-corrected chi connectivity index (χ4v) is 2.59. The molecule has 0 bridgehead atoms. The molecule has 0 saturated carbocycles. The third-order valence-electron chi connectivity index (χ3n) is 3.96. The number of ether oxygens (including phenoxy) is 2. The van der Waals surface area contributed by atoms with Gasteiger partial charge in [-0.15, -0.1) is 0 Å². The fraction of sp³-hybridized carbons (Fsp3) is 0.333. The molecule has 0 spiro atoms. The van der Waals surface area contributed by atoms with E-state index in [9.17, 15) is 4.79 Å². The Kier molecular flexibility index (Phi) is 4.84. The minimum Gasteiger partial charge on any atom is -0.454 e. The summed E-state index contributed by atoms with van der Waals surface area (Å²) in [6.45, 7) is 6.16. The van der Waals surface area contributed by atoms with E-state index in [2.05, 4.69) is 10.3 Å². The molecule has 1 aromatic heterocycles. The van der Waals surface area contributed by atoms with Crippen molar-refractivity contribution in [2.24, 2.45) is 0 Å². The zero-order valence-electron chi connectivity index (χ0n) is 13.9. The molecule has 1 aliphatic rings. The number of nitrogens with zero attached hydrogens (tertiary/aromatic N) is 2. The van der Waals surface area contributed by atoms with E-state index < -0.39 is 0 Å². The third kappa shape index (κ3) is 3.42. The second kappa shape index (κ2) is 7.21. The van der Waals surface area contributed by atoms with Crippen molar-refractivity contribution in [2.45, 2.75) is 20.4 Å². The lowest BCUT2D eigenvalue weighted by molar-refractivity contribution is 0.0767. The zero-order chi connectivity index (χ0) is 16.9. The third-order valence-corrected chi connectivity index (χ3v) is 3.96. The van der Waals surface area contributed by atoms with Crippen molar-refractivity contribution in [2.75, 3.05) is 25.2 Å². The summed E-state index contributed by atoms with van der Waals surface area (Å²) < 4.78 is 10.7. The summed E-state index contributed by atoms with van der Waals surface area (Å²) in [7, 11) is 0. The van der Waals surface area contributed by atoms with E-state index in [1.807, 2.05) is 38.1 Å². The van der Waals surface area contributed by atoms with E-state index in [0.717, 1.165) is 22.7 Å². The predicted octanol–water partition coefficient (Wildman–Crippen LogP) is 2.90. The highest BCUT2D eigenvalue weighted by Gasteiger charge is 2.15. The van der Waals surface area contributed by atoms with Gasteiger partial charge in [-0.1, -0.05) is 6.07 Å². The molecular formula is C18H21N3O3. The summed E-state index contributed by atoms with van der Waals surface area (Å²) in [6.07, 6.45) is 1.65. The highest BCUT2D eigenvalue weighted by atomic mass is 16.7. The first-order valence-electron chi connectivity index (χ1n) is 8.09. The number of carbonyl (C=O) groups is 1. The Balaban J connectivity index is 1.67. The molecule has 126 valence electrons. The van der Waals surface area contributed by atoms with E-state index in [0.29, 0.717) is 25.3 Å². The van der Waals surface area contributed by atoms with Crippen molar-refractivity contribution in [3.05, 3.63) is 47.8 Å². The van der Waals surface area contributed by atoms with Crippen LogP contribution in [0.25, 0.3) is 0 Å². The Hall–Kier alpha value is -2.76. The number of carbonyl (C=O) groups excluding carboxylic acids is 1. The molecule has 3 rings (SSSR count). The molecule has 6 nitrogen and oxygen atoms in total. The molecule has 2 aromatic rings. The summed E-state index contributed by atoms with van der Waals surface area (Å²) in [5, 5.41) is 3.32. The van der Waals surface area contributed by atoms with Crippen LogP contribution < -0.4 is 14.8 Å². The maximum atomic E-state index is 12.4. The van der Waals surface area contributed by atoms with Gasteiger partial charge in [-0.3, -0.25) is 9.78 Å². The molecule has 1 aliphatic heterocycles. The van der Waals surface area contributed by atoms with Crippen LogP contribution in [-0.2, 0) is 6.54 Å². The topological polar surface area (TPSA) is 63.7 Å². The number of hydrogen-bond acceptors (Lipinski definition) is 5. The average Bonchev–Trinajstić information content (AvgIpc) is 3.09. The highest BCUT2D eigenvalue weighted by Crippen LogP contribution is 2.32. The Morgan fingerprint density at radius 2 is 1.96 bits per heavy atom. The van der Waals surface area contributed by atoms with Crippen LogP contribution in [0.3, 0.4) is 0 Å². The number of benzene rings is 1. The number of amides is 1. The van der Waals surface area contributed by atoms with Gasteiger partial charge in [0.2, 0.25) is 6.79 Å². The first kappa shape index (κ1) is 16.1. The number of nitrogens with one attached hydrogen (secondary N) is 1. The van der Waals surface area contributed by atoms with Crippen molar-refractivity contribution < 1.29 is 14.3 Å². The lowest BCUT2D eigenvalue weighted by Gasteiger charge is -2.18. The number of anilines is 1. The summed E-state index contributed by atoms with van der Waals surface area (Å²) >= 11 is 0. The van der Waals surface area contributed by atoms with Crippen LogP contribution in [0, 0.1) is 0 Å². The van der Waals surface area contributed by atoms with Crippen LogP contribution in [0.2, 0.25) is 0 Å². The Bertz CT molecular complexity index is 729. The van der Waals surface area contributed by atoms with Crippen molar-refractivity contribution in [3.63, 3.8) is 0 Å². The van der Waals surface area contributed by atoms with Gasteiger partial charge in [-0.2, -0.15) is 0 Å². The van der Waals surface area contributed by atoms with Crippen LogP contribution in [0.1, 0.15) is 29.9 Å². The van der Waals surface area contributed by atoms with Crippen LogP contribution in [0.4, 0.5) is 5.69 Å². The first-order chi connectivity index (χ1) is 11.7. The molecule has 1 N–H and O–H groups in total. The van der Waals surface area contributed by atoms with Gasteiger partial charge < -0.3 is 19.7 Å². The van der Waals surface area contributed by atoms with Crippen LogP contribution in [0.15, 0.2) is 36.5 Å². The zero-order valence-corrected chi connectivity index (χ0v) is 13.9. The van der Waals surface area contributed by atoms with Crippen LogP contribution >= 0.6 is 0 Å². The molecule has 1 amide bonds. The lowest BCUT2D eigenvalue weighted by atomic mass is 10.2. The lowest BCUT2D eigenvalue weighted by Crippen LogP contribution is -2.31. The van der Waals surface area contributed by atoms with Crippen LogP contribution in [0.5, 0.6) is 11.5 Å². The monoisotopic (exact) mass is 327 g/mol. The van der Waals surface area contributed by atoms with Gasteiger partial charge in [-0.25, -0.2) is 0 Å². The van der Waals surface area contributed by atoms with Gasteiger partial charge in [0.05, 0.1) is 0 Å². The minimum atomic E-state index is -0.0493. The van der Waals surface area contributed by atoms with Crippen molar-refractivity contribution >= 4 is 11.6 Å². The maximum Gasteiger partial charge on any atom is 0.272 e. The largest absolute Gasteiger partial charge is 0.454 e. The molecule has 0 atom stereocenters. The van der Waals surface area contributed by atoms with Gasteiger partial charge in [0, 0.05) is 31.5 Å². The van der Waals surface area contributed by atoms with Crippen molar-refractivity contribution in [1.29, 1.82) is 0 Å². The standard InChI is InChI=1S/C18H21N3O3/c1-3-21(4-2)18(22)15-10-14(7-8-19-15)20-11-13-5-6-16-17(9-13)24-12-23-16/h5-10H,3-4,11-12H2,1-2H3,(H,19,20). The molecule has 0 fully saturated rings. The molecule has 1 aromatic carbocycles. The van der Waals surface area contributed by atoms with E-state index in [1.54, 1.807) is 17.2 Å². The molecule has 24 heavy (non-hydrogen) atoms. The number of pyridine rings is 1. The van der Waals surface area contributed by atoms with E-state index in [1.165, 1.54) is 0 Å². The molecule has 6 heteroatoms. The highest BCUT2D eigenvalue weighted by molar-refractivity contribution is 5.93. The molecule has 0 unspecified atom stereocenters. The van der Waals surface area contributed by atoms with Crippen molar-refractivity contribution in [3.8, 4) is 11.5 Å². The van der Waals surface area contributed by atoms with E-state index >= 15 is 0 Å². The number of hydrogen-bond donors (Lipinski definition) is 1. The number of rotatable bonds is 6. The number of aromatic nitrogens is 1. The number of fused-ring (bicyclic) bond motifs is 1. The fourth-order valence-electron chi connectivity index (χ4n) is 2.59. The Morgan fingerprint density at radius 1 is 1.17 bits per heavy atom. The summed E-state index contributed by atoms with van der Waals surface area (Å²) in [6, 6.07) is 9.49. The molecular weight excluding hydrogens is 306 g/mol. The predicted molar refractivity (Wildman–Crippen MR) is 91.4 cm³/mol. The average molecular weight is 327 g/mol. The Morgan fingerprint density at radius 3 is 2.75 bits per heavy atom. The van der Waals surface area contributed by atoms with Gasteiger partial charge in [0.15, 0.2) is 11.5 Å².